The van der Waals surface area contributed by atoms with Crippen molar-refractivity contribution in [2.75, 3.05) is 19.6 Å². The molecule has 4 rings (SSSR count). The lowest BCUT2D eigenvalue weighted by molar-refractivity contribution is -0.153. The maximum atomic E-state index is 13.5. The van der Waals surface area contributed by atoms with E-state index in [1.807, 2.05) is 0 Å². The second-order valence-corrected chi connectivity index (χ2v) is 9.19. The highest BCUT2D eigenvalue weighted by molar-refractivity contribution is 6.58. The Morgan fingerprint density at radius 1 is 1.10 bits per heavy atom. The number of amides is 5. The number of nitrogens with zero attached hydrogens (tertiary/aromatic N) is 2. The van der Waals surface area contributed by atoms with Crippen LogP contribution in [-0.4, -0.2) is 99.5 Å². The number of piperazine rings is 1. The lowest BCUT2D eigenvalue weighted by Gasteiger charge is -2.33. The molecule has 1 unspecified atom stereocenters. The fourth-order valence-electron chi connectivity index (χ4n) is 4.51. The quantitative estimate of drug-likeness (QED) is 0.159. The van der Waals surface area contributed by atoms with Crippen LogP contribution < -0.4 is 20.8 Å². The van der Waals surface area contributed by atoms with Crippen LogP contribution in [0.4, 0.5) is 4.79 Å². The fourth-order valence-corrected chi connectivity index (χ4v) is 4.51. The van der Waals surface area contributed by atoms with Crippen LogP contribution in [0.1, 0.15) is 34.5 Å². The molecule has 40 heavy (non-hydrogen) atoms. The average molecular weight is 552 g/mol. The number of hydrogen-bond acceptors (Lipinski definition) is 9. The van der Waals surface area contributed by atoms with Crippen molar-refractivity contribution in [3.05, 3.63) is 59.2 Å². The van der Waals surface area contributed by atoms with E-state index in [4.69, 9.17) is 4.65 Å². The summed E-state index contributed by atoms with van der Waals surface area (Å²) in [6.07, 6.45) is 0.00559. The zero-order chi connectivity index (χ0) is 29.1. The third-order valence-electron chi connectivity index (χ3n) is 6.71. The van der Waals surface area contributed by atoms with Gasteiger partial charge in [-0.2, -0.15) is 0 Å². The van der Waals surface area contributed by atoms with Gasteiger partial charge in [0.15, 0.2) is 0 Å². The van der Waals surface area contributed by atoms with Crippen LogP contribution in [0.3, 0.4) is 0 Å². The first-order chi connectivity index (χ1) is 19.0. The van der Waals surface area contributed by atoms with E-state index in [9.17, 15) is 44.2 Å². The van der Waals surface area contributed by atoms with Gasteiger partial charge in [0, 0.05) is 19.6 Å². The molecule has 5 amide bonds. The van der Waals surface area contributed by atoms with E-state index >= 15 is 0 Å². The van der Waals surface area contributed by atoms with Crippen molar-refractivity contribution < 1.29 is 48.8 Å². The first-order valence-electron chi connectivity index (χ1n) is 12.4. The third-order valence-corrected chi connectivity index (χ3v) is 6.71. The minimum Gasteiger partial charge on any atom is -0.534 e. The topological polar surface area (TPSA) is 206 Å². The van der Waals surface area contributed by atoms with E-state index in [1.165, 1.54) is 41.3 Å². The Kier molecular flexibility index (Phi) is 8.42. The Labute approximate surface area is 228 Å². The van der Waals surface area contributed by atoms with Gasteiger partial charge >= 0.3 is 38.1 Å². The number of carbonyl (C=O) groups is 5. The van der Waals surface area contributed by atoms with Crippen LogP contribution in [0.15, 0.2) is 42.5 Å². The Balaban J connectivity index is 1.57. The number of fused-ring (bicyclic) bond motifs is 1. The Morgan fingerprint density at radius 2 is 1.80 bits per heavy atom. The van der Waals surface area contributed by atoms with Gasteiger partial charge in [-0.1, -0.05) is 36.4 Å². The van der Waals surface area contributed by atoms with Crippen molar-refractivity contribution in [2.45, 2.75) is 25.3 Å². The minimum atomic E-state index is -1.78. The lowest BCUT2D eigenvalue weighted by atomic mass is 9.72. The highest BCUT2D eigenvalue weighted by Crippen LogP contribution is 2.30. The summed E-state index contributed by atoms with van der Waals surface area (Å²) in [7, 11) is -3.40. The summed E-state index contributed by atoms with van der Waals surface area (Å²) >= 11 is 0. The molecule has 0 aromatic heterocycles. The van der Waals surface area contributed by atoms with Crippen LogP contribution in [0.2, 0.25) is 0 Å². The Morgan fingerprint density at radius 3 is 2.42 bits per heavy atom. The molecule has 0 bridgehead atoms. The van der Waals surface area contributed by atoms with Crippen molar-refractivity contribution >= 4 is 49.4 Å². The second kappa shape index (κ2) is 11.8. The van der Waals surface area contributed by atoms with E-state index in [1.54, 1.807) is 13.0 Å². The summed E-state index contributed by atoms with van der Waals surface area (Å²) in [6, 6.07) is 7.33. The first-order valence-corrected chi connectivity index (χ1v) is 12.4. The number of likely N-dealkylation sites (N-methyl/N-ethyl adjacent to an activating group) is 1. The number of urea groups is 1. The van der Waals surface area contributed by atoms with Gasteiger partial charge in [0.05, 0.1) is 11.5 Å². The summed E-state index contributed by atoms with van der Waals surface area (Å²) in [5.74, 6) is -5.04. The van der Waals surface area contributed by atoms with Crippen molar-refractivity contribution in [1.29, 1.82) is 0 Å². The van der Waals surface area contributed by atoms with Gasteiger partial charge in [0.25, 0.3) is 0 Å². The molecular weight excluding hydrogens is 526 g/mol. The number of para-hydroxylation sites is 1. The molecule has 0 saturated carbocycles. The molecule has 16 heteroatoms. The van der Waals surface area contributed by atoms with Crippen molar-refractivity contribution in [2.24, 2.45) is 0 Å². The molecule has 2 atom stereocenters. The number of aromatic carboxylic acids is 1. The van der Waals surface area contributed by atoms with Crippen LogP contribution in [-0.2, 0) is 20.8 Å². The van der Waals surface area contributed by atoms with Crippen LogP contribution >= 0.6 is 0 Å². The SMILES string of the molecule is CCN1CCN(C(=O)NC(C(=O)N[C@H]2Cc3cccc(C(=O)O)c3OB2O)c2ccc(B(O)O)cc2)C(=O)C1=O. The van der Waals surface area contributed by atoms with Crippen molar-refractivity contribution in [1.82, 2.24) is 20.4 Å². The molecule has 0 aliphatic carbocycles. The monoisotopic (exact) mass is 552 g/mol. The van der Waals surface area contributed by atoms with E-state index in [0.717, 1.165) is 0 Å². The van der Waals surface area contributed by atoms with E-state index in [-0.39, 0.29) is 48.4 Å². The standard InChI is InChI=1S/C24H26B2N4O10/c1-2-29-10-11-30(22(33)21(29)32)24(36)28-18(13-6-8-15(9-7-13)25(37)38)20(31)27-17-12-14-4-3-5-16(23(34)35)19(14)40-26(17)39/h3-9,17-18,37-39H,2,10-12H2,1H3,(H,27,31)(H,28,36)(H,34,35)/t17-,18?/m0/s1. The largest absolute Gasteiger partial charge is 0.547 e. The van der Waals surface area contributed by atoms with Crippen molar-refractivity contribution in [3.63, 3.8) is 0 Å². The number of carboxylic acids is 1. The van der Waals surface area contributed by atoms with E-state index < -0.39 is 55.9 Å². The van der Waals surface area contributed by atoms with Gasteiger partial charge in [0.2, 0.25) is 5.91 Å². The zero-order valence-corrected chi connectivity index (χ0v) is 21.3. The number of imide groups is 1. The second-order valence-electron chi connectivity index (χ2n) is 9.19. The zero-order valence-electron chi connectivity index (χ0n) is 21.3. The summed E-state index contributed by atoms with van der Waals surface area (Å²) in [6.45, 7) is 2.01. The predicted molar refractivity (Wildman–Crippen MR) is 139 cm³/mol. The molecule has 2 aliphatic rings. The number of nitrogens with one attached hydrogen (secondary N) is 2. The Bertz CT molecular complexity index is 1340. The normalized spacial score (nSPS) is 17.5. The van der Waals surface area contributed by atoms with Gasteiger partial charge in [-0.25, -0.2) is 9.59 Å². The third kappa shape index (κ3) is 5.78. The maximum absolute atomic E-state index is 13.5. The average Bonchev–Trinajstić information content (AvgIpc) is 2.93. The van der Waals surface area contributed by atoms with Crippen molar-refractivity contribution in [3.8, 4) is 5.75 Å². The summed E-state index contributed by atoms with van der Waals surface area (Å²) < 4.78 is 5.41. The van der Waals surface area contributed by atoms with Crippen LogP contribution in [0.5, 0.6) is 5.75 Å². The highest BCUT2D eigenvalue weighted by atomic mass is 16.5. The number of carbonyl (C=O) groups excluding carboxylic acids is 4. The predicted octanol–water partition coefficient (Wildman–Crippen LogP) is -2.35. The van der Waals surface area contributed by atoms with Gasteiger partial charge in [-0.05, 0) is 36.0 Å². The molecule has 1 fully saturated rings. The fraction of sp³-hybridized carbons (Fsp3) is 0.292. The molecular formula is C24H26B2N4O10. The maximum Gasteiger partial charge on any atom is 0.547 e. The smallest absolute Gasteiger partial charge is 0.534 e. The number of hydrogen-bond donors (Lipinski definition) is 6. The number of benzene rings is 2. The molecule has 2 heterocycles. The Hall–Kier alpha value is -4.40. The number of rotatable bonds is 7. The molecule has 6 N–H and O–H groups in total. The summed E-state index contributed by atoms with van der Waals surface area (Å²) in [4.78, 5) is 64.8. The first kappa shape index (κ1) is 28.6. The number of carboxylic acid groups (broad SMARTS) is 1. The van der Waals surface area contributed by atoms with Crippen LogP contribution in [0.25, 0.3) is 0 Å². The lowest BCUT2D eigenvalue weighted by Crippen LogP contribution is -2.60. The molecule has 14 nitrogen and oxygen atoms in total. The molecule has 2 aromatic carbocycles. The minimum absolute atomic E-state index is 0.00559. The van der Waals surface area contributed by atoms with Gasteiger partial charge in [-0.3, -0.25) is 19.3 Å². The van der Waals surface area contributed by atoms with E-state index in [0.29, 0.717) is 10.5 Å². The van der Waals surface area contributed by atoms with Gasteiger partial charge in [0.1, 0.15) is 11.8 Å². The molecule has 1 saturated heterocycles. The summed E-state index contributed by atoms with van der Waals surface area (Å²) in [5.41, 5.74) is 0.587. The summed E-state index contributed by atoms with van der Waals surface area (Å²) in [5, 5.41) is 43.8. The molecule has 208 valence electrons. The molecule has 2 aliphatic heterocycles. The van der Waals surface area contributed by atoms with E-state index in [2.05, 4.69) is 10.6 Å². The van der Waals surface area contributed by atoms with Gasteiger partial charge < -0.3 is 40.4 Å². The highest BCUT2D eigenvalue weighted by Gasteiger charge is 2.41. The molecule has 2 aromatic rings. The molecule has 0 radical (unpaired) electrons. The van der Waals surface area contributed by atoms with Crippen LogP contribution in [0, 0.1) is 0 Å². The van der Waals surface area contributed by atoms with Gasteiger partial charge in [-0.15, -0.1) is 0 Å². The molecule has 0 spiro atoms.